The van der Waals surface area contributed by atoms with Crippen LogP contribution in [-0.4, -0.2) is 12.7 Å². The third-order valence-corrected chi connectivity index (χ3v) is 3.93. The molecule has 2 aliphatic carbocycles. The van der Waals surface area contributed by atoms with E-state index in [-0.39, 0.29) is 0 Å². The van der Waals surface area contributed by atoms with Gasteiger partial charge < -0.3 is 4.74 Å². The quantitative estimate of drug-likeness (QED) is 0.667. The van der Waals surface area contributed by atoms with E-state index in [1.54, 1.807) is 0 Å². The minimum Gasteiger partial charge on any atom is -0.378 e. The van der Waals surface area contributed by atoms with Gasteiger partial charge in [-0.05, 0) is 37.5 Å². The van der Waals surface area contributed by atoms with Crippen LogP contribution in [0.5, 0.6) is 0 Å². The van der Waals surface area contributed by atoms with Crippen LogP contribution in [0.25, 0.3) is 0 Å². The molecule has 2 unspecified atom stereocenters. The smallest absolute Gasteiger partial charge is 0.0577 e. The molecule has 0 spiro atoms. The summed E-state index contributed by atoms with van der Waals surface area (Å²) in [4.78, 5) is 0. The van der Waals surface area contributed by atoms with Crippen molar-refractivity contribution >= 4 is 0 Å². The van der Waals surface area contributed by atoms with E-state index in [0.29, 0.717) is 6.10 Å². The predicted octanol–water partition coefficient (Wildman–Crippen LogP) is 3.77. The average molecular weight is 196 g/mol. The lowest BCUT2D eigenvalue weighted by Gasteiger charge is -2.27. The molecule has 0 aromatic rings. The van der Waals surface area contributed by atoms with Gasteiger partial charge in [-0.3, -0.25) is 0 Å². The monoisotopic (exact) mass is 196 g/mol. The van der Waals surface area contributed by atoms with Crippen molar-refractivity contribution in [1.29, 1.82) is 0 Å². The zero-order valence-electron chi connectivity index (χ0n) is 9.50. The Morgan fingerprint density at radius 2 is 1.79 bits per heavy atom. The number of rotatable bonds is 3. The van der Waals surface area contributed by atoms with Crippen LogP contribution in [0.4, 0.5) is 0 Å². The van der Waals surface area contributed by atoms with E-state index in [1.165, 1.54) is 51.4 Å². The molecule has 82 valence electrons. The summed E-state index contributed by atoms with van der Waals surface area (Å²) in [5.41, 5.74) is 0. The first-order chi connectivity index (χ1) is 6.84. The van der Waals surface area contributed by atoms with E-state index in [2.05, 4.69) is 6.92 Å². The highest BCUT2D eigenvalue weighted by atomic mass is 16.5. The van der Waals surface area contributed by atoms with Crippen molar-refractivity contribution in [2.45, 2.75) is 64.4 Å². The van der Waals surface area contributed by atoms with Crippen LogP contribution in [0.1, 0.15) is 58.3 Å². The molecule has 0 aromatic carbocycles. The van der Waals surface area contributed by atoms with Gasteiger partial charge in [-0.2, -0.15) is 0 Å². The van der Waals surface area contributed by atoms with Gasteiger partial charge in [0.2, 0.25) is 0 Å². The molecule has 0 saturated heterocycles. The highest BCUT2D eigenvalue weighted by molar-refractivity contribution is 4.72. The summed E-state index contributed by atoms with van der Waals surface area (Å²) in [6.45, 7) is 3.42. The molecule has 0 aliphatic heterocycles. The molecule has 2 atom stereocenters. The largest absolute Gasteiger partial charge is 0.378 e. The Morgan fingerprint density at radius 3 is 2.50 bits per heavy atom. The number of ether oxygens (including phenoxy) is 1. The number of hydrogen-bond acceptors (Lipinski definition) is 1. The molecule has 2 rings (SSSR count). The average Bonchev–Trinajstić information content (AvgIpc) is 2.67. The molecular weight excluding hydrogens is 172 g/mol. The molecule has 0 bridgehead atoms. The third kappa shape index (κ3) is 2.98. The van der Waals surface area contributed by atoms with E-state index < -0.39 is 0 Å². The van der Waals surface area contributed by atoms with E-state index in [4.69, 9.17) is 4.74 Å². The molecule has 0 heterocycles. The van der Waals surface area contributed by atoms with Gasteiger partial charge in [0.05, 0.1) is 6.10 Å². The summed E-state index contributed by atoms with van der Waals surface area (Å²) in [7, 11) is 0. The maximum absolute atomic E-state index is 6.04. The van der Waals surface area contributed by atoms with Gasteiger partial charge in [0, 0.05) is 6.61 Å². The second-order valence-electron chi connectivity index (χ2n) is 5.38. The molecule has 0 aromatic heterocycles. The van der Waals surface area contributed by atoms with E-state index in [9.17, 15) is 0 Å². The van der Waals surface area contributed by atoms with Crippen molar-refractivity contribution in [3.8, 4) is 0 Å². The topological polar surface area (TPSA) is 9.23 Å². The van der Waals surface area contributed by atoms with Crippen molar-refractivity contribution in [1.82, 2.24) is 0 Å². The highest BCUT2D eigenvalue weighted by Gasteiger charge is 2.21. The SMILES string of the molecule is CC1CCCC(OCC2CCCC2)C1. The molecule has 0 amide bonds. The first-order valence-corrected chi connectivity index (χ1v) is 6.46. The maximum atomic E-state index is 6.04. The molecule has 1 heteroatoms. The van der Waals surface area contributed by atoms with Crippen LogP contribution in [0.2, 0.25) is 0 Å². The summed E-state index contributed by atoms with van der Waals surface area (Å²) in [5.74, 6) is 1.80. The second kappa shape index (κ2) is 5.16. The molecule has 0 N–H and O–H groups in total. The fraction of sp³-hybridized carbons (Fsp3) is 1.00. The van der Waals surface area contributed by atoms with E-state index >= 15 is 0 Å². The van der Waals surface area contributed by atoms with Crippen LogP contribution in [0.15, 0.2) is 0 Å². The first kappa shape index (κ1) is 10.5. The predicted molar refractivity (Wildman–Crippen MR) is 59.3 cm³/mol. The summed E-state index contributed by atoms with van der Waals surface area (Å²) in [6, 6.07) is 0. The summed E-state index contributed by atoms with van der Waals surface area (Å²) >= 11 is 0. The first-order valence-electron chi connectivity index (χ1n) is 6.46. The minimum absolute atomic E-state index is 0.597. The molecule has 2 fully saturated rings. The molecule has 14 heavy (non-hydrogen) atoms. The molecule has 0 radical (unpaired) electrons. The molecular formula is C13H24O. The van der Waals surface area contributed by atoms with Gasteiger partial charge in [-0.1, -0.05) is 32.6 Å². The Hall–Kier alpha value is -0.0400. The number of hydrogen-bond donors (Lipinski definition) is 0. The van der Waals surface area contributed by atoms with Gasteiger partial charge in [0.25, 0.3) is 0 Å². The lowest BCUT2D eigenvalue weighted by atomic mass is 9.88. The lowest BCUT2D eigenvalue weighted by molar-refractivity contribution is -0.00206. The van der Waals surface area contributed by atoms with Crippen molar-refractivity contribution in [2.75, 3.05) is 6.61 Å². The van der Waals surface area contributed by atoms with Gasteiger partial charge in [-0.15, -0.1) is 0 Å². The normalized spacial score (nSPS) is 34.9. The van der Waals surface area contributed by atoms with E-state index in [0.717, 1.165) is 18.4 Å². The Balaban J connectivity index is 1.64. The zero-order chi connectivity index (χ0) is 9.80. The second-order valence-corrected chi connectivity index (χ2v) is 5.38. The van der Waals surface area contributed by atoms with Gasteiger partial charge in [0.15, 0.2) is 0 Å². The van der Waals surface area contributed by atoms with Crippen LogP contribution in [0, 0.1) is 11.8 Å². The maximum Gasteiger partial charge on any atom is 0.0577 e. The van der Waals surface area contributed by atoms with E-state index in [1.807, 2.05) is 0 Å². The van der Waals surface area contributed by atoms with Crippen molar-refractivity contribution < 1.29 is 4.74 Å². The fourth-order valence-corrected chi connectivity index (χ4v) is 2.98. The van der Waals surface area contributed by atoms with Gasteiger partial charge >= 0.3 is 0 Å². The minimum atomic E-state index is 0.597. The van der Waals surface area contributed by atoms with Crippen molar-refractivity contribution in [2.24, 2.45) is 11.8 Å². The Labute approximate surface area is 88.2 Å². The highest BCUT2D eigenvalue weighted by Crippen LogP contribution is 2.29. The van der Waals surface area contributed by atoms with Crippen LogP contribution in [-0.2, 0) is 4.74 Å². The Morgan fingerprint density at radius 1 is 1.00 bits per heavy atom. The van der Waals surface area contributed by atoms with Crippen LogP contribution < -0.4 is 0 Å². The van der Waals surface area contributed by atoms with Crippen LogP contribution in [0.3, 0.4) is 0 Å². The lowest BCUT2D eigenvalue weighted by Crippen LogP contribution is -2.23. The van der Waals surface area contributed by atoms with Gasteiger partial charge in [0.1, 0.15) is 0 Å². The van der Waals surface area contributed by atoms with Crippen molar-refractivity contribution in [3.63, 3.8) is 0 Å². The van der Waals surface area contributed by atoms with Crippen LogP contribution >= 0.6 is 0 Å². The molecule has 2 aliphatic rings. The molecule has 1 nitrogen and oxygen atoms in total. The Kier molecular flexibility index (Phi) is 3.86. The third-order valence-electron chi connectivity index (χ3n) is 3.93. The molecule has 2 saturated carbocycles. The summed E-state index contributed by atoms with van der Waals surface area (Å²) in [5, 5.41) is 0. The van der Waals surface area contributed by atoms with Gasteiger partial charge in [-0.25, -0.2) is 0 Å². The summed E-state index contributed by atoms with van der Waals surface area (Å²) in [6.07, 6.45) is 11.7. The summed E-state index contributed by atoms with van der Waals surface area (Å²) < 4.78 is 6.04. The zero-order valence-corrected chi connectivity index (χ0v) is 9.50. The van der Waals surface area contributed by atoms with Crippen molar-refractivity contribution in [3.05, 3.63) is 0 Å². The Bertz CT molecular complexity index is 161. The standard InChI is InChI=1S/C13H24O/c1-11-5-4-8-13(9-11)14-10-12-6-2-3-7-12/h11-13H,2-10H2,1H3. The fourth-order valence-electron chi connectivity index (χ4n) is 2.98.